The van der Waals surface area contributed by atoms with E-state index in [1.807, 2.05) is 6.20 Å². The van der Waals surface area contributed by atoms with Crippen LogP contribution < -0.4 is 10.2 Å². The zero-order valence-corrected chi connectivity index (χ0v) is 14.5. The summed E-state index contributed by atoms with van der Waals surface area (Å²) in [7, 11) is 2.09. The number of aromatic nitrogens is 1. The van der Waals surface area contributed by atoms with Gasteiger partial charge in [0.25, 0.3) is 0 Å². The van der Waals surface area contributed by atoms with Crippen molar-refractivity contribution in [3.63, 3.8) is 0 Å². The monoisotopic (exact) mass is 353 g/mol. The molecule has 108 valence electrons. The second-order valence-electron chi connectivity index (χ2n) is 4.81. The highest BCUT2D eigenvalue weighted by Gasteiger charge is 2.11. The highest BCUT2D eigenvalue weighted by atomic mass is 79.9. The van der Waals surface area contributed by atoms with Gasteiger partial charge >= 0.3 is 0 Å². The summed E-state index contributed by atoms with van der Waals surface area (Å²) in [6, 6.07) is 8.78. The molecule has 20 heavy (non-hydrogen) atoms. The second kappa shape index (κ2) is 7.20. The summed E-state index contributed by atoms with van der Waals surface area (Å²) in [4.78, 5) is 8.00. The molecule has 0 spiro atoms. The van der Waals surface area contributed by atoms with Crippen LogP contribution in [0.1, 0.15) is 30.3 Å². The Hall–Kier alpha value is -0.910. The molecule has 2 aromatic rings. The average Bonchev–Trinajstić information content (AvgIpc) is 2.91. The molecule has 1 N–H and O–H groups in total. The van der Waals surface area contributed by atoms with E-state index in [1.54, 1.807) is 11.3 Å². The molecule has 2 rings (SSSR count). The molecule has 0 aliphatic carbocycles. The number of halogens is 1. The van der Waals surface area contributed by atoms with Gasteiger partial charge in [-0.25, -0.2) is 4.98 Å². The van der Waals surface area contributed by atoms with E-state index >= 15 is 0 Å². The van der Waals surface area contributed by atoms with E-state index in [-0.39, 0.29) is 0 Å². The van der Waals surface area contributed by atoms with Crippen molar-refractivity contribution in [3.05, 3.63) is 45.4 Å². The Morgan fingerprint density at radius 3 is 2.70 bits per heavy atom. The fourth-order valence-corrected chi connectivity index (χ4v) is 3.16. The lowest BCUT2D eigenvalue weighted by Crippen LogP contribution is -2.16. The van der Waals surface area contributed by atoms with Crippen LogP contribution in [0.2, 0.25) is 0 Å². The van der Waals surface area contributed by atoms with Gasteiger partial charge in [-0.05, 0) is 31.2 Å². The number of nitrogens with zero attached hydrogens (tertiary/aromatic N) is 2. The number of hydrogen-bond acceptors (Lipinski definition) is 4. The summed E-state index contributed by atoms with van der Waals surface area (Å²) >= 11 is 5.21. The van der Waals surface area contributed by atoms with E-state index in [1.165, 1.54) is 10.4 Å². The first-order valence-corrected chi connectivity index (χ1v) is 8.35. The lowest BCUT2D eigenvalue weighted by molar-refractivity contribution is 0.606. The Labute approximate surface area is 133 Å². The molecule has 3 nitrogen and oxygen atoms in total. The lowest BCUT2D eigenvalue weighted by Gasteiger charge is -2.16. The second-order valence-corrected chi connectivity index (χ2v) is 6.76. The molecule has 1 atom stereocenters. The van der Waals surface area contributed by atoms with E-state index in [4.69, 9.17) is 0 Å². The van der Waals surface area contributed by atoms with Crippen molar-refractivity contribution in [2.75, 3.05) is 18.5 Å². The standard InChI is InChI=1S/C15H20BrN3S/c1-4-17-11(2)14-9-18-15(20-14)19(3)10-12-5-7-13(16)8-6-12/h5-9,11,17H,4,10H2,1-3H3. The van der Waals surface area contributed by atoms with Crippen LogP contribution in [0.4, 0.5) is 5.13 Å². The van der Waals surface area contributed by atoms with Crippen LogP contribution >= 0.6 is 27.3 Å². The van der Waals surface area contributed by atoms with Crippen molar-refractivity contribution in [2.24, 2.45) is 0 Å². The van der Waals surface area contributed by atoms with Crippen LogP contribution in [0, 0.1) is 0 Å². The predicted octanol–water partition coefficient (Wildman–Crippen LogP) is 4.21. The third kappa shape index (κ3) is 4.04. The first-order valence-electron chi connectivity index (χ1n) is 6.75. The van der Waals surface area contributed by atoms with Crippen LogP contribution in [0.3, 0.4) is 0 Å². The summed E-state index contributed by atoms with van der Waals surface area (Å²) in [6.45, 7) is 6.15. The summed E-state index contributed by atoms with van der Waals surface area (Å²) in [5.74, 6) is 0. The van der Waals surface area contributed by atoms with E-state index < -0.39 is 0 Å². The van der Waals surface area contributed by atoms with Crippen LogP contribution in [0.15, 0.2) is 34.9 Å². The molecule has 5 heteroatoms. The minimum Gasteiger partial charge on any atom is -0.347 e. The molecule has 0 aliphatic heterocycles. The van der Waals surface area contributed by atoms with Gasteiger partial charge in [-0.2, -0.15) is 0 Å². The molecular formula is C15H20BrN3S. The highest BCUT2D eigenvalue weighted by Crippen LogP contribution is 2.27. The summed E-state index contributed by atoms with van der Waals surface area (Å²) in [6.07, 6.45) is 1.98. The number of benzene rings is 1. The van der Waals surface area contributed by atoms with E-state index in [0.29, 0.717) is 6.04 Å². The van der Waals surface area contributed by atoms with Crippen molar-refractivity contribution in [3.8, 4) is 0 Å². The van der Waals surface area contributed by atoms with E-state index in [9.17, 15) is 0 Å². The lowest BCUT2D eigenvalue weighted by atomic mass is 10.2. The molecule has 0 saturated heterocycles. The number of nitrogens with one attached hydrogen (secondary N) is 1. The first kappa shape index (κ1) is 15.5. The smallest absolute Gasteiger partial charge is 0.185 e. The van der Waals surface area contributed by atoms with Crippen LogP contribution in [0.5, 0.6) is 0 Å². The molecular weight excluding hydrogens is 334 g/mol. The summed E-state index contributed by atoms with van der Waals surface area (Å²) in [5, 5.41) is 4.48. The van der Waals surface area contributed by atoms with Crippen molar-refractivity contribution in [1.29, 1.82) is 0 Å². The maximum absolute atomic E-state index is 4.53. The fraction of sp³-hybridized carbons (Fsp3) is 0.400. The van der Waals surface area contributed by atoms with E-state index in [0.717, 1.165) is 22.7 Å². The molecule has 0 fully saturated rings. The van der Waals surface area contributed by atoms with Gasteiger partial charge in [-0.15, -0.1) is 11.3 Å². The molecule has 1 aromatic heterocycles. The molecule has 1 unspecified atom stereocenters. The SMILES string of the molecule is CCNC(C)c1cnc(N(C)Cc2ccc(Br)cc2)s1. The minimum atomic E-state index is 0.368. The Morgan fingerprint density at radius 1 is 1.35 bits per heavy atom. The van der Waals surface area contributed by atoms with Gasteiger partial charge in [-0.3, -0.25) is 0 Å². The van der Waals surface area contributed by atoms with Crippen molar-refractivity contribution >= 4 is 32.4 Å². The van der Waals surface area contributed by atoms with Gasteiger partial charge < -0.3 is 10.2 Å². The third-order valence-corrected chi connectivity index (χ3v) is 4.93. The van der Waals surface area contributed by atoms with Crippen molar-refractivity contribution in [2.45, 2.75) is 26.4 Å². The Kier molecular flexibility index (Phi) is 5.57. The first-order chi connectivity index (χ1) is 9.60. The number of hydrogen-bond donors (Lipinski definition) is 1. The molecule has 0 amide bonds. The van der Waals surface area contributed by atoms with Gasteiger partial charge in [0, 0.05) is 35.2 Å². The zero-order chi connectivity index (χ0) is 14.5. The van der Waals surface area contributed by atoms with E-state index in [2.05, 4.69) is 76.3 Å². The Balaban J connectivity index is 2.02. The topological polar surface area (TPSA) is 28.2 Å². The Bertz CT molecular complexity index is 538. The van der Waals surface area contributed by atoms with Crippen molar-refractivity contribution < 1.29 is 0 Å². The third-order valence-electron chi connectivity index (χ3n) is 3.11. The summed E-state index contributed by atoms with van der Waals surface area (Å²) in [5.41, 5.74) is 1.28. The van der Waals surface area contributed by atoms with Gasteiger partial charge in [0.2, 0.25) is 0 Å². The molecule has 0 radical (unpaired) electrons. The Morgan fingerprint density at radius 2 is 2.05 bits per heavy atom. The van der Waals surface area contributed by atoms with Crippen LogP contribution in [-0.2, 0) is 6.54 Å². The average molecular weight is 354 g/mol. The van der Waals surface area contributed by atoms with Gasteiger partial charge in [0.05, 0.1) is 0 Å². The molecule has 1 aromatic carbocycles. The number of rotatable bonds is 6. The molecule has 0 saturated carbocycles. The maximum Gasteiger partial charge on any atom is 0.185 e. The largest absolute Gasteiger partial charge is 0.347 e. The predicted molar refractivity (Wildman–Crippen MR) is 90.5 cm³/mol. The normalized spacial score (nSPS) is 12.4. The van der Waals surface area contributed by atoms with Gasteiger partial charge in [0.1, 0.15) is 0 Å². The van der Waals surface area contributed by atoms with Crippen LogP contribution in [-0.4, -0.2) is 18.6 Å². The summed E-state index contributed by atoms with van der Waals surface area (Å²) < 4.78 is 1.11. The van der Waals surface area contributed by atoms with Crippen LogP contribution in [0.25, 0.3) is 0 Å². The minimum absolute atomic E-state index is 0.368. The fourth-order valence-electron chi connectivity index (χ4n) is 1.99. The number of anilines is 1. The molecule has 0 aliphatic rings. The van der Waals surface area contributed by atoms with Gasteiger partial charge in [0.15, 0.2) is 5.13 Å². The molecule has 1 heterocycles. The zero-order valence-electron chi connectivity index (χ0n) is 12.1. The number of thiazole rings is 1. The quantitative estimate of drug-likeness (QED) is 0.842. The highest BCUT2D eigenvalue weighted by molar-refractivity contribution is 9.10. The maximum atomic E-state index is 4.53. The van der Waals surface area contributed by atoms with Gasteiger partial charge in [-0.1, -0.05) is 35.0 Å². The molecule has 0 bridgehead atoms. The van der Waals surface area contributed by atoms with Crippen molar-refractivity contribution in [1.82, 2.24) is 10.3 Å².